The van der Waals surface area contributed by atoms with Crippen molar-refractivity contribution in [2.75, 3.05) is 11.5 Å². The molecule has 0 bridgehead atoms. The van der Waals surface area contributed by atoms with Gasteiger partial charge >= 0.3 is 5.97 Å². The third-order valence-corrected chi connectivity index (χ3v) is 2.19. The second-order valence-electron chi connectivity index (χ2n) is 2.80. The Hall–Kier alpha value is -0.360. The van der Waals surface area contributed by atoms with Gasteiger partial charge in [-0.1, -0.05) is 0 Å². The zero-order valence-electron chi connectivity index (χ0n) is 7.77. The van der Waals surface area contributed by atoms with E-state index in [9.17, 15) is 9.59 Å². The van der Waals surface area contributed by atoms with Gasteiger partial charge in [0.25, 0.3) is 0 Å². The molecule has 2 N–H and O–H groups in total. The van der Waals surface area contributed by atoms with Crippen LogP contribution in [0.4, 0.5) is 0 Å². The molecular weight excluding hydrogens is 222 g/mol. The fraction of sp³-hybridized carbons (Fsp3) is 0.750. The van der Waals surface area contributed by atoms with Crippen LogP contribution in [0.1, 0.15) is 19.3 Å². The average molecular weight is 237 g/mol. The van der Waals surface area contributed by atoms with Crippen LogP contribution in [0.2, 0.25) is 0 Å². The fourth-order valence-electron chi connectivity index (χ4n) is 0.893. The van der Waals surface area contributed by atoms with Gasteiger partial charge < -0.3 is 10.4 Å². The van der Waals surface area contributed by atoms with Crippen molar-refractivity contribution in [1.29, 1.82) is 0 Å². The Morgan fingerprint density at radius 1 is 1.29 bits per heavy atom. The summed E-state index contributed by atoms with van der Waals surface area (Å²) in [5.41, 5.74) is 0. The Morgan fingerprint density at radius 2 is 1.93 bits per heavy atom. The molecule has 4 nitrogen and oxygen atoms in total. The van der Waals surface area contributed by atoms with Gasteiger partial charge in [0.2, 0.25) is 5.91 Å². The quantitative estimate of drug-likeness (QED) is 0.490. The van der Waals surface area contributed by atoms with Gasteiger partial charge in [0.05, 0.1) is 0 Å². The fourth-order valence-corrected chi connectivity index (χ4v) is 1.31. The number of carboxylic acid groups (broad SMARTS) is 1. The Balaban J connectivity index is 3.90. The molecule has 0 saturated heterocycles. The van der Waals surface area contributed by atoms with Crippen molar-refractivity contribution in [3.05, 3.63) is 0 Å². The lowest BCUT2D eigenvalue weighted by molar-refractivity contribution is -0.141. The zero-order valence-corrected chi connectivity index (χ0v) is 9.56. The summed E-state index contributed by atoms with van der Waals surface area (Å²) in [6.07, 6.45) is 1.31. The summed E-state index contributed by atoms with van der Waals surface area (Å²) in [6.45, 7) is 0. The van der Waals surface area contributed by atoms with E-state index in [0.29, 0.717) is 30.8 Å². The molecule has 0 heterocycles. The van der Waals surface area contributed by atoms with E-state index in [4.69, 9.17) is 5.11 Å². The van der Waals surface area contributed by atoms with Gasteiger partial charge in [-0.15, -0.1) is 0 Å². The third-order valence-electron chi connectivity index (χ3n) is 1.61. The van der Waals surface area contributed by atoms with Crippen molar-refractivity contribution in [3.8, 4) is 0 Å². The summed E-state index contributed by atoms with van der Waals surface area (Å²) in [6, 6.07) is -0.820. The molecular formula is C8H15NO3S2. The van der Waals surface area contributed by atoms with E-state index >= 15 is 0 Å². The highest BCUT2D eigenvalue weighted by molar-refractivity contribution is 7.80. The van der Waals surface area contributed by atoms with E-state index in [2.05, 4.69) is 30.6 Å². The van der Waals surface area contributed by atoms with Gasteiger partial charge in [-0.05, 0) is 24.3 Å². The van der Waals surface area contributed by atoms with E-state index in [0.717, 1.165) is 0 Å². The zero-order chi connectivity index (χ0) is 11.0. The summed E-state index contributed by atoms with van der Waals surface area (Å²) in [5, 5.41) is 11.1. The van der Waals surface area contributed by atoms with Crippen LogP contribution in [0.3, 0.4) is 0 Å². The van der Waals surface area contributed by atoms with E-state index in [-0.39, 0.29) is 5.91 Å². The van der Waals surface area contributed by atoms with Crippen LogP contribution < -0.4 is 5.32 Å². The Kier molecular flexibility index (Phi) is 7.78. The maximum Gasteiger partial charge on any atom is 0.326 e. The number of hydrogen-bond donors (Lipinski definition) is 4. The molecule has 82 valence electrons. The Morgan fingerprint density at radius 3 is 2.36 bits per heavy atom. The van der Waals surface area contributed by atoms with Crippen LogP contribution in [-0.2, 0) is 9.59 Å². The molecule has 14 heavy (non-hydrogen) atoms. The topological polar surface area (TPSA) is 66.4 Å². The van der Waals surface area contributed by atoms with Crippen LogP contribution in [-0.4, -0.2) is 34.5 Å². The Bertz CT molecular complexity index is 199. The highest BCUT2D eigenvalue weighted by atomic mass is 32.1. The monoisotopic (exact) mass is 237 g/mol. The number of carbonyl (C=O) groups is 2. The van der Waals surface area contributed by atoms with Crippen molar-refractivity contribution in [2.24, 2.45) is 0 Å². The normalized spacial score (nSPS) is 12.1. The number of hydrogen-bond acceptors (Lipinski definition) is 4. The Labute approximate surface area is 94.3 Å². The summed E-state index contributed by atoms with van der Waals surface area (Å²) < 4.78 is 0. The van der Waals surface area contributed by atoms with Gasteiger partial charge in [-0.3, -0.25) is 4.79 Å². The summed E-state index contributed by atoms with van der Waals surface area (Å²) in [5.74, 6) is -0.201. The first-order valence-corrected chi connectivity index (χ1v) is 5.62. The minimum absolute atomic E-state index is 0.242. The van der Waals surface area contributed by atoms with E-state index < -0.39 is 12.0 Å². The van der Waals surface area contributed by atoms with Crippen molar-refractivity contribution in [3.63, 3.8) is 0 Å². The molecule has 1 amide bonds. The lowest BCUT2D eigenvalue weighted by Crippen LogP contribution is -2.41. The predicted molar refractivity (Wildman–Crippen MR) is 61.1 cm³/mol. The van der Waals surface area contributed by atoms with E-state index in [1.54, 1.807) is 0 Å². The molecule has 6 heteroatoms. The smallest absolute Gasteiger partial charge is 0.326 e. The molecule has 0 unspecified atom stereocenters. The highest BCUT2D eigenvalue weighted by Crippen LogP contribution is 1.97. The van der Waals surface area contributed by atoms with Crippen molar-refractivity contribution < 1.29 is 14.7 Å². The minimum Gasteiger partial charge on any atom is -0.480 e. The number of amides is 1. The van der Waals surface area contributed by atoms with Crippen molar-refractivity contribution >= 4 is 37.1 Å². The van der Waals surface area contributed by atoms with Crippen LogP contribution in [0.15, 0.2) is 0 Å². The molecule has 0 aromatic rings. The number of carboxylic acids is 1. The van der Waals surface area contributed by atoms with Gasteiger partial charge in [-0.25, -0.2) is 4.79 Å². The molecule has 0 aromatic carbocycles. The number of nitrogens with one attached hydrogen (secondary N) is 1. The standard InChI is InChI=1S/C8H15NO3S2/c10-7(2-1-4-13)9-6(3-5-14)8(11)12/h6,13-14H,1-5H2,(H,9,10)(H,11,12)/t6-/m0/s1. The first-order chi connectivity index (χ1) is 6.61. The van der Waals surface area contributed by atoms with E-state index in [1.165, 1.54) is 0 Å². The van der Waals surface area contributed by atoms with Crippen LogP contribution in [0.25, 0.3) is 0 Å². The van der Waals surface area contributed by atoms with Gasteiger partial charge in [0, 0.05) is 6.42 Å². The first-order valence-electron chi connectivity index (χ1n) is 4.35. The maximum atomic E-state index is 11.2. The van der Waals surface area contributed by atoms with Gasteiger partial charge in [0.15, 0.2) is 0 Å². The second kappa shape index (κ2) is 7.99. The summed E-state index contributed by atoms with van der Waals surface area (Å²) in [7, 11) is 0. The molecule has 0 rings (SSSR count). The first kappa shape index (κ1) is 13.6. The SMILES string of the molecule is O=C(CCCS)N[C@@H](CCS)C(=O)O. The van der Waals surface area contributed by atoms with Gasteiger partial charge in [-0.2, -0.15) is 25.3 Å². The third kappa shape index (κ3) is 6.15. The lowest BCUT2D eigenvalue weighted by Gasteiger charge is -2.12. The van der Waals surface area contributed by atoms with Crippen molar-refractivity contribution in [1.82, 2.24) is 5.32 Å². The molecule has 0 aliphatic heterocycles. The summed E-state index contributed by atoms with van der Waals surface area (Å²) >= 11 is 7.88. The molecule has 0 radical (unpaired) electrons. The highest BCUT2D eigenvalue weighted by Gasteiger charge is 2.18. The van der Waals surface area contributed by atoms with Crippen LogP contribution in [0, 0.1) is 0 Å². The number of rotatable bonds is 7. The number of thiol groups is 2. The second-order valence-corrected chi connectivity index (χ2v) is 3.69. The predicted octanol–water partition coefficient (Wildman–Crippen LogP) is 0.586. The molecule has 0 spiro atoms. The molecule has 0 aromatic heterocycles. The van der Waals surface area contributed by atoms with Crippen LogP contribution >= 0.6 is 25.3 Å². The lowest BCUT2D eigenvalue weighted by atomic mass is 10.2. The van der Waals surface area contributed by atoms with E-state index in [1.807, 2.05) is 0 Å². The minimum atomic E-state index is -1.02. The summed E-state index contributed by atoms with van der Waals surface area (Å²) in [4.78, 5) is 21.8. The molecule has 0 fully saturated rings. The molecule has 0 aliphatic rings. The number of carbonyl (C=O) groups excluding carboxylic acids is 1. The number of aliphatic carboxylic acids is 1. The molecule has 0 aliphatic carbocycles. The van der Waals surface area contributed by atoms with Crippen LogP contribution in [0.5, 0.6) is 0 Å². The molecule has 0 saturated carbocycles. The van der Waals surface area contributed by atoms with Crippen molar-refractivity contribution in [2.45, 2.75) is 25.3 Å². The maximum absolute atomic E-state index is 11.2. The molecule has 1 atom stereocenters. The average Bonchev–Trinajstić information content (AvgIpc) is 2.14. The largest absolute Gasteiger partial charge is 0.480 e. The van der Waals surface area contributed by atoms with Gasteiger partial charge in [0.1, 0.15) is 6.04 Å².